The van der Waals surface area contributed by atoms with Crippen molar-refractivity contribution in [2.24, 2.45) is 0 Å². The van der Waals surface area contributed by atoms with Crippen LogP contribution in [0.4, 0.5) is 16.2 Å². The van der Waals surface area contributed by atoms with Crippen molar-refractivity contribution in [3.63, 3.8) is 0 Å². The molecule has 1 aromatic carbocycles. The summed E-state index contributed by atoms with van der Waals surface area (Å²) in [6.07, 6.45) is -0.660. The van der Waals surface area contributed by atoms with Gasteiger partial charge >= 0.3 is 6.09 Å². The summed E-state index contributed by atoms with van der Waals surface area (Å²) in [7, 11) is -7.75. The van der Waals surface area contributed by atoms with Crippen LogP contribution in [0.25, 0.3) is 0 Å². The molecule has 10 heteroatoms. The third-order valence-electron chi connectivity index (χ3n) is 2.83. The summed E-state index contributed by atoms with van der Waals surface area (Å²) in [5, 5.41) is 2.48. The Bertz CT molecular complexity index is 773. The molecular weight excluding hydrogens is 344 g/mol. The summed E-state index contributed by atoms with van der Waals surface area (Å²) in [4.78, 5) is 11.6. The number of carbonyl (C=O) groups excluding carboxylic acids is 1. The van der Waals surface area contributed by atoms with Crippen molar-refractivity contribution in [1.29, 1.82) is 0 Å². The monoisotopic (exact) mass is 362 g/mol. The van der Waals surface area contributed by atoms with E-state index in [1.807, 2.05) is 0 Å². The average Bonchev–Trinajstić information content (AvgIpc) is 2.58. The van der Waals surface area contributed by atoms with Gasteiger partial charge in [0.2, 0.25) is 20.0 Å². The number of carbonyl (C=O) groups is 1. The number of rotatable bonds is 2. The summed E-state index contributed by atoms with van der Waals surface area (Å²) in [5.74, 6) is -0.875. The second-order valence-electron chi connectivity index (χ2n) is 6.00. The maximum atomic E-state index is 11.9. The van der Waals surface area contributed by atoms with Crippen molar-refractivity contribution in [3.8, 4) is 0 Å². The molecule has 0 aromatic heterocycles. The summed E-state index contributed by atoms with van der Waals surface area (Å²) >= 11 is 0. The molecule has 0 bridgehead atoms. The van der Waals surface area contributed by atoms with E-state index in [0.717, 1.165) is 0 Å². The van der Waals surface area contributed by atoms with E-state index >= 15 is 0 Å². The van der Waals surface area contributed by atoms with Crippen LogP contribution in [0.1, 0.15) is 20.8 Å². The second-order valence-corrected chi connectivity index (χ2v) is 10.1. The molecule has 128 valence electrons. The van der Waals surface area contributed by atoms with Crippen LogP contribution in [0.3, 0.4) is 0 Å². The van der Waals surface area contributed by atoms with Gasteiger partial charge in [0.05, 0.1) is 17.2 Å². The zero-order valence-corrected chi connectivity index (χ0v) is 14.6. The van der Waals surface area contributed by atoms with E-state index < -0.39 is 43.2 Å². The van der Waals surface area contributed by atoms with E-state index in [1.54, 1.807) is 20.8 Å². The van der Waals surface area contributed by atoms with Gasteiger partial charge in [0.1, 0.15) is 5.60 Å². The number of nitrogens with zero attached hydrogens (tertiary/aromatic N) is 1. The molecule has 0 unspecified atom stereocenters. The molecule has 1 fully saturated rings. The quantitative estimate of drug-likeness (QED) is 0.854. The zero-order valence-electron chi connectivity index (χ0n) is 12.9. The van der Waals surface area contributed by atoms with Crippen molar-refractivity contribution < 1.29 is 26.4 Å². The summed E-state index contributed by atoms with van der Waals surface area (Å²) in [6.45, 7) is 5.16. The number of hydrogen-bond acceptors (Lipinski definition) is 6. The van der Waals surface area contributed by atoms with Crippen LogP contribution in [0.5, 0.6) is 0 Å². The van der Waals surface area contributed by atoms with Crippen LogP contribution in [0, 0.1) is 0 Å². The Balaban J connectivity index is 2.19. The molecule has 0 saturated carbocycles. The maximum Gasteiger partial charge on any atom is 0.412 e. The van der Waals surface area contributed by atoms with Gasteiger partial charge in [0.15, 0.2) is 0 Å². The minimum Gasteiger partial charge on any atom is -0.444 e. The largest absolute Gasteiger partial charge is 0.444 e. The van der Waals surface area contributed by atoms with Gasteiger partial charge in [-0.15, -0.1) is 0 Å². The number of anilines is 2. The fourth-order valence-electron chi connectivity index (χ4n) is 1.96. The Labute approximate surface area is 135 Å². The molecule has 0 aliphatic carbocycles. The first kappa shape index (κ1) is 17.5. The average molecular weight is 362 g/mol. The molecule has 8 nitrogen and oxygen atoms in total. The van der Waals surface area contributed by atoms with Crippen LogP contribution in [-0.2, 0) is 24.8 Å². The van der Waals surface area contributed by atoms with Gasteiger partial charge in [-0.3, -0.25) is 5.32 Å². The van der Waals surface area contributed by atoms with Crippen LogP contribution in [-0.4, -0.2) is 40.0 Å². The van der Waals surface area contributed by atoms with Gasteiger partial charge in [0, 0.05) is 5.69 Å². The first-order chi connectivity index (χ1) is 10.4. The fourth-order valence-corrected chi connectivity index (χ4v) is 6.69. The molecule has 0 spiro atoms. The third-order valence-corrected chi connectivity index (χ3v) is 7.32. The third kappa shape index (κ3) is 4.14. The Hall–Kier alpha value is -1.81. The van der Waals surface area contributed by atoms with Crippen LogP contribution >= 0.6 is 0 Å². The first-order valence-corrected chi connectivity index (χ1v) is 9.98. The van der Waals surface area contributed by atoms with Crippen LogP contribution in [0.15, 0.2) is 24.3 Å². The molecule has 1 aliphatic rings. The molecule has 23 heavy (non-hydrogen) atoms. The standard InChI is InChI=1S/C13H18N2O6S2/c1-13(2,3)21-12(16)14-10-4-6-11(7-5-10)15-22(17,18)8-9-23(15,19)20/h4-7H,8-9H2,1-3H3,(H,14,16). The highest BCUT2D eigenvalue weighted by Gasteiger charge is 2.41. The normalized spacial score (nSPS) is 19.3. The fraction of sp³-hybridized carbons (Fsp3) is 0.462. The maximum absolute atomic E-state index is 11.9. The molecule has 0 radical (unpaired) electrons. The number of sulfonamides is 2. The zero-order chi connectivity index (χ0) is 17.5. The lowest BCUT2D eigenvalue weighted by molar-refractivity contribution is 0.0636. The lowest BCUT2D eigenvalue weighted by Crippen LogP contribution is -2.29. The highest BCUT2D eigenvalue weighted by molar-refractivity contribution is 8.13. The minimum atomic E-state index is -3.87. The van der Waals surface area contributed by atoms with E-state index in [-0.39, 0.29) is 5.69 Å². The van der Waals surface area contributed by atoms with Crippen molar-refractivity contribution in [2.75, 3.05) is 20.5 Å². The SMILES string of the molecule is CC(C)(C)OC(=O)Nc1ccc(N2S(=O)(=O)CCS2(=O)=O)cc1. The molecule has 1 heterocycles. The van der Waals surface area contributed by atoms with E-state index in [0.29, 0.717) is 9.40 Å². The molecule has 1 saturated heterocycles. The highest BCUT2D eigenvalue weighted by atomic mass is 32.3. The first-order valence-electron chi connectivity index (χ1n) is 6.77. The Morgan fingerprint density at radius 2 is 1.52 bits per heavy atom. The van der Waals surface area contributed by atoms with Crippen molar-refractivity contribution in [1.82, 2.24) is 0 Å². The molecule has 1 aliphatic heterocycles. The van der Waals surface area contributed by atoms with Gasteiger partial charge in [-0.2, -0.15) is 3.71 Å². The van der Waals surface area contributed by atoms with Gasteiger partial charge < -0.3 is 4.74 Å². The Morgan fingerprint density at radius 1 is 1.04 bits per heavy atom. The lowest BCUT2D eigenvalue weighted by Gasteiger charge is -2.20. The van der Waals surface area contributed by atoms with Gasteiger partial charge in [-0.25, -0.2) is 21.6 Å². The summed E-state index contributed by atoms with van der Waals surface area (Å²) in [5.41, 5.74) is -0.281. The smallest absolute Gasteiger partial charge is 0.412 e. The predicted octanol–water partition coefficient (Wildman–Crippen LogP) is 1.51. The van der Waals surface area contributed by atoms with E-state index in [1.165, 1.54) is 24.3 Å². The molecule has 1 amide bonds. The van der Waals surface area contributed by atoms with Crippen LogP contribution < -0.4 is 9.03 Å². The number of nitrogens with one attached hydrogen (secondary N) is 1. The van der Waals surface area contributed by atoms with Crippen molar-refractivity contribution in [2.45, 2.75) is 26.4 Å². The Morgan fingerprint density at radius 3 is 1.96 bits per heavy atom. The van der Waals surface area contributed by atoms with E-state index in [9.17, 15) is 21.6 Å². The molecule has 1 N–H and O–H groups in total. The van der Waals surface area contributed by atoms with Gasteiger partial charge in [-0.05, 0) is 45.0 Å². The minimum absolute atomic E-state index is 0.0113. The van der Waals surface area contributed by atoms with Crippen molar-refractivity contribution >= 4 is 37.5 Å². The van der Waals surface area contributed by atoms with Crippen molar-refractivity contribution in [3.05, 3.63) is 24.3 Å². The highest BCUT2D eigenvalue weighted by Crippen LogP contribution is 2.28. The lowest BCUT2D eigenvalue weighted by atomic mass is 10.2. The van der Waals surface area contributed by atoms with Crippen LogP contribution in [0.2, 0.25) is 0 Å². The molecule has 2 rings (SSSR count). The van der Waals surface area contributed by atoms with E-state index in [2.05, 4.69) is 5.32 Å². The van der Waals surface area contributed by atoms with Gasteiger partial charge in [0.25, 0.3) is 0 Å². The predicted molar refractivity (Wildman–Crippen MR) is 86.4 cm³/mol. The number of hydrogen-bond donors (Lipinski definition) is 1. The summed E-state index contributed by atoms with van der Waals surface area (Å²) in [6, 6.07) is 5.44. The topological polar surface area (TPSA) is 110 Å². The summed E-state index contributed by atoms with van der Waals surface area (Å²) < 4.78 is 52.9. The van der Waals surface area contributed by atoms with Gasteiger partial charge in [-0.1, -0.05) is 0 Å². The number of ether oxygens (including phenoxy) is 1. The number of amides is 1. The molecule has 0 atom stereocenters. The number of benzene rings is 1. The molecular formula is C13H18N2O6S2. The van der Waals surface area contributed by atoms with E-state index in [4.69, 9.17) is 4.74 Å². The second kappa shape index (κ2) is 5.68. The Kier molecular flexibility index (Phi) is 4.33. The molecule has 1 aromatic rings.